The second kappa shape index (κ2) is 6.85. The van der Waals surface area contributed by atoms with Gasteiger partial charge < -0.3 is 5.32 Å². The highest BCUT2D eigenvalue weighted by Crippen LogP contribution is 2.25. The predicted octanol–water partition coefficient (Wildman–Crippen LogP) is 2.40. The number of rotatable bonds is 5. The fourth-order valence-corrected chi connectivity index (χ4v) is 4.30. The molecular weight excluding hydrogens is 291 g/mol. The predicted molar refractivity (Wildman–Crippen MR) is 80.9 cm³/mol. The van der Waals surface area contributed by atoms with Crippen molar-refractivity contribution < 1.29 is 12.8 Å². The van der Waals surface area contributed by atoms with Crippen LogP contribution in [0.2, 0.25) is 0 Å². The van der Waals surface area contributed by atoms with Gasteiger partial charge in [-0.15, -0.1) is 0 Å². The number of hydrogen-bond acceptors (Lipinski definition) is 3. The number of nitrogens with one attached hydrogen (secondary N) is 2. The van der Waals surface area contributed by atoms with Gasteiger partial charge in [-0.25, -0.2) is 17.5 Å². The Morgan fingerprint density at radius 3 is 2.76 bits per heavy atom. The Bertz CT molecular complexity index is 589. The second-order valence-corrected chi connectivity index (χ2v) is 7.57. The summed E-state index contributed by atoms with van der Waals surface area (Å²) in [6, 6.07) is 4.12. The average molecular weight is 314 g/mol. The van der Waals surface area contributed by atoms with Crippen LogP contribution in [0.1, 0.15) is 38.2 Å². The Hall–Kier alpha value is -0.980. The SMILES string of the molecule is CNCc1ccc(F)c(S(=O)(=O)NC2CCCC(C)C2)c1. The first-order valence-electron chi connectivity index (χ1n) is 7.37. The molecule has 1 aromatic rings. The fraction of sp³-hybridized carbons (Fsp3) is 0.600. The number of sulfonamides is 1. The fourth-order valence-electron chi connectivity index (χ4n) is 2.89. The summed E-state index contributed by atoms with van der Waals surface area (Å²) in [6.07, 6.45) is 3.78. The molecule has 4 nitrogen and oxygen atoms in total. The van der Waals surface area contributed by atoms with Gasteiger partial charge in [0.05, 0.1) is 0 Å². The molecule has 1 fully saturated rings. The third kappa shape index (κ3) is 4.25. The minimum atomic E-state index is -3.81. The Balaban J connectivity index is 2.20. The summed E-state index contributed by atoms with van der Waals surface area (Å²) in [5.41, 5.74) is 0.747. The number of halogens is 1. The highest BCUT2D eigenvalue weighted by molar-refractivity contribution is 7.89. The molecular formula is C15H23FN2O2S. The molecule has 118 valence electrons. The van der Waals surface area contributed by atoms with Gasteiger partial charge in [0, 0.05) is 12.6 Å². The van der Waals surface area contributed by atoms with Gasteiger partial charge in [-0.1, -0.05) is 25.8 Å². The van der Waals surface area contributed by atoms with Crippen LogP contribution >= 0.6 is 0 Å². The third-order valence-corrected chi connectivity index (χ3v) is 5.46. The van der Waals surface area contributed by atoms with Crippen molar-refractivity contribution in [2.75, 3.05) is 7.05 Å². The lowest BCUT2D eigenvalue weighted by Gasteiger charge is -2.27. The highest BCUT2D eigenvalue weighted by Gasteiger charge is 2.26. The van der Waals surface area contributed by atoms with E-state index < -0.39 is 15.8 Å². The molecule has 6 heteroatoms. The molecule has 1 aromatic carbocycles. The van der Waals surface area contributed by atoms with Gasteiger partial charge in [0.1, 0.15) is 10.7 Å². The second-order valence-electron chi connectivity index (χ2n) is 5.89. The lowest BCUT2D eigenvalue weighted by molar-refractivity contribution is 0.327. The van der Waals surface area contributed by atoms with Crippen LogP contribution in [0.3, 0.4) is 0 Å². The molecule has 0 radical (unpaired) electrons. The van der Waals surface area contributed by atoms with E-state index >= 15 is 0 Å². The summed E-state index contributed by atoms with van der Waals surface area (Å²) in [6.45, 7) is 2.62. The zero-order valence-corrected chi connectivity index (χ0v) is 13.3. The van der Waals surface area contributed by atoms with Crippen LogP contribution in [0.4, 0.5) is 4.39 Å². The summed E-state index contributed by atoms with van der Waals surface area (Å²) < 4.78 is 41.4. The molecule has 0 heterocycles. The first-order valence-corrected chi connectivity index (χ1v) is 8.86. The molecule has 0 amide bonds. The van der Waals surface area contributed by atoms with Gasteiger partial charge in [-0.05, 0) is 43.5 Å². The van der Waals surface area contributed by atoms with Crippen LogP contribution < -0.4 is 10.0 Å². The van der Waals surface area contributed by atoms with Gasteiger partial charge in [0.25, 0.3) is 0 Å². The van der Waals surface area contributed by atoms with Crippen molar-refractivity contribution >= 4 is 10.0 Å². The number of benzene rings is 1. The van der Waals surface area contributed by atoms with Crippen LogP contribution in [0.5, 0.6) is 0 Å². The van der Waals surface area contributed by atoms with Crippen LogP contribution in [-0.2, 0) is 16.6 Å². The maximum absolute atomic E-state index is 13.9. The molecule has 2 atom stereocenters. The minimum absolute atomic E-state index is 0.0916. The zero-order valence-electron chi connectivity index (χ0n) is 12.5. The normalized spacial score (nSPS) is 23.2. The van der Waals surface area contributed by atoms with Crippen molar-refractivity contribution in [2.45, 2.75) is 50.1 Å². The van der Waals surface area contributed by atoms with Crippen molar-refractivity contribution in [3.8, 4) is 0 Å². The lowest BCUT2D eigenvalue weighted by Crippen LogP contribution is -2.38. The monoisotopic (exact) mass is 314 g/mol. The minimum Gasteiger partial charge on any atom is -0.316 e. The van der Waals surface area contributed by atoms with Gasteiger partial charge in [-0.2, -0.15) is 0 Å². The van der Waals surface area contributed by atoms with E-state index in [-0.39, 0.29) is 10.9 Å². The van der Waals surface area contributed by atoms with E-state index in [1.807, 2.05) is 0 Å². The van der Waals surface area contributed by atoms with Crippen LogP contribution in [0.15, 0.2) is 23.1 Å². The largest absolute Gasteiger partial charge is 0.316 e. The van der Waals surface area contributed by atoms with E-state index in [9.17, 15) is 12.8 Å². The maximum atomic E-state index is 13.9. The van der Waals surface area contributed by atoms with Crippen LogP contribution in [0, 0.1) is 11.7 Å². The molecule has 2 unspecified atom stereocenters. The van der Waals surface area contributed by atoms with Gasteiger partial charge >= 0.3 is 0 Å². The average Bonchev–Trinajstić information content (AvgIpc) is 2.40. The topological polar surface area (TPSA) is 58.2 Å². The Labute approximate surface area is 126 Å². The summed E-state index contributed by atoms with van der Waals surface area (Å²) >= 11 is 0. The van der Waals surface area contributed by atoms with Crippen molar-refractivity contribution in [1.29, 1.82) is 0 Å². The van der Waals surface area contributed by atoms with Gasteiger partial charge in [-0.3, -0.25) is 0 Å². The van der Waals surface area contributed by atoms with E-state index in [0.29, 0.717) is 12.5 Å². The molecule has 1 saturated carbocycles. The molecule has 1 aliphatic carbocycles. The first kappa shape index (κ1) is 16.4. The van der Waals surface area contributed by atoms with Crippen LogP contribution in [0.25, 0.3) is 0 Å². The number of hydrogen-bond donors (Lipinski definition) is 2. The zero-order chi connectivity index (χ0) is 15.5. The summed E-state index contributed by atoms with van der Waals surface area (Å²) in [5, 5.41) is 2.93. The molecule has 2 rings (SSSR count). The summed E-state index contributed by atoms with van der Waals surface area (Å²) in [4.78, 5) is -0.256. The summed E-state index contributed by atoms with van der Waals surface area (Å²) in [5.74, 6) is -0.196. The van der Waals surface area contributed by atoms with Gasteiger partial charge in [0.15, 0.2) is 0 Å². The van der Waals surface area contributed by atoms with Crippen LogP contribution in [-0.4, -0.2) is 21.5 Å². The van der Waals surface area contributed by atoms with E-state index in [0.717, 1.165) is 31.2 Å². The molecule has 0 spiro atoms. The molecule has 1 aliphatic rings. The summed E-state index contributed by atoms with van der Waals surface area (Å²) in [7, 11) is -2.04. The van der Waals surface area contributed by atoms with Gasteiger partial charge in [0.2, 0.25) is 10.0 Å². The van der Waals surface area contributed by atoms with Crippen molar-refractivity contribution in [1.82, 2.24) is 10.0 Å². The molecule has 0 saturated heterocycles. The van der Waals surface area contributed by atoms with Crippen molar-refractivity contribution in [3.63, 3.8) is 0 Å². The molecule has 0 aromatic heterocycles. The molecule has 21 heavy (non-hydrogen) atoms. The molecule has 0 bridgehead atoms. The van der Waals surface area contributed by atoms with E-state index in [4.69, 9.17) is 0 Å². The molecule has 0 aliphatic heterocycles. The van der Waals surface area contributed by atoms with E-state index in [1.165, 1.54) is 12.1 Å². The maximum Gasteiger partial charge on any atom is 0.243 e. The standard InChI is InChI=1S/C15H23FN2O2S/c1-11-4-3-5-13(8-11)18-21(19,20)15-9-12(10-17-2)6-7-14(15)16/h6-7,9,11,13,17-18H,3-5,8,10H2,1-2H3. The Kier molecular flexibility index (Phi) is 5.35. The Morgan fingerprint density at radius 2 is 2.10 bits per heavy atom. The smallest absolute Gasteiger partial charge is 0.243 e. The third-order valence-electron chi connectivity index (χ3n) is 3.92. The highest BCUT2D eigenvalue weighted by atomic mass is 32.2. The van der Waals surface area contributed by atoms with Crippen molar-refractivity contribution in [3.05, 3.63) is 29.6 Å². The van der Waals surface area contributed by atoms with E-state index in [2.05, 4.69) is 17.0 Å². The quantitative estimate of drug-likeness (QED) is 0.877. The lowest BCUT2D eigenvalue weighted by atomic mass is 9.88. The first-order chi connectivity index (χ1) is 9.92. The van der Waals surface area contributed by atoms with E-state index in [1.54, 1.807) is 13.1 Å². The molecule has 2 N–H and O–H groups in total. The Morgan fingerprint density at radius 1 is 1.33 bits per heavy atom. The van der Waals surface area contributed by atoms with Crippen molar-refractivity contribution in [2.24, 2.45) is 5.92 Å².